The molecule has 2 unspecified atom stereocenters. The highest BCUT2D eigenvalue weighted by molar-refractivity contribution is 5.93. The number of halogens is 3. The number of amides is 1. The number of benzene rings is 1. The molecule has 2 atom stereocenters. The van der Waals surface area contributed by atoms with Crippen molar-refractivity contribution in [2.75, 3.05) is 5.32 Å². The number of anilines is 1. The first-order chi connectivity index (χ1) is 8.49. The van der Waals surface area contributed by atoms with Gasteiger partial charge in [0.2, 0.25) is 5.91 Å². The van der Waals surface area contributed by atoms with E-state index in [0.717, 1.165) is 6.42 Å². The summed E-state index contributed by atoms with van der Waals surface area (Å²) in [4.78, 5) is 11.8. The van der Waals surface area contributed by atoms with E-state index in [1.54, 1.807) is 0 Å². The molecule has 0 aromatic heterocycles. The molecule has 6 heteroatoms. The van der Waals surface area contributed by atoms with Crippen LogP contribution in [0, 0.1) is 23.4 Å². The summed E-state index contributed by atoms with van der Waals surface area (Å²) in [6.07, 6.45) is 2.12. The lowest BCUT2D eigenvalue weighted by Gasteiger charge is -2.15. The Morgan fingerprint density at radius 2 is 1.83 bits per heavy atom. The van der Waals surface area contributed by atoms with Gasteiger partial charge in [-0.3, -0.25) is 4.79 Å². The lowest BCUT2D eigenvalue weighted by Crippen LogP contribution is -2.34. The third kappa shape index (κ3) is 2.48. The highest BCUT2D eigenvalue weighted by atomic mass is 19.1. The smallest absolute Gasteiger partial charge is 0.229 e. The molecule has 0 heterocycles. The minimum absolute atomic E-state index is 0.295. The molecule has 1 saturated carbocycles. The molecule has 3 nitrogen and oxygen atoms in total. The topological polar surface area (TPSA) is 55.1 Å². The molecule has 3 N–H and O–H groups in total. The number of hydrogen-bond acceptors (Lipinski definition) is 2. The molecule has 98 valence electrons. The average Bonchev–Trinajstić information content (AvgIpc) is 2.69. The molecular formula is C12H13F3N2O. The van der Waals surface area contributed by atoms with Gasteiger partial charge in [0.15, 0.2) is 11.6 Å². The zero-order valence-corrected chi connectivity index (χ0v) is 9.55. The molecule has 1 aliphatic carbocycles. The molecule has 1 aromatic rings. The maximum atomic E-state index is 13.3. The number of hydrogen-bond donors (Lipinski definition) is 2. The Labute approximate surface area is 102 Å². The molecule has 1 fully saturated rings. The first-order valence-corrected chi connectivity index (χ1v) is 5.70. The minimum atomic E-state index is -1.13. The van der Waals surface area contributed by atoms with E-state index in [9.17, 15) is 18.0 Å². The van der Waals surface area contributed by atoms with Gasteiger partial charge in [0, 0.05) is 18.2 Å². The summed E-state index contributed by atoms with van der Waals surface area (Å²) in [5.74, 6) is -4.27. The summed E-state index contributed by atoms with van der Waals surface area (Å²) in [5, 5.41) is 2.14. The highest BCUT2D eigenvalue weighted by Crippen LogP contribution is 2.27. The number of carbonyl (C=O) groups excluding carboxylic acids is 1. The van der Waals surface area contributed by atoms with E-state index >= 15 is 0 Å². The van der Waals surface area contributed by atoms with Gasteiger partial charge >= 0.3 is 0 Å². The third-order valence-corrected chi connectivity index (χ3v) is 3.16. The Hall–Kier alpha value is -1.56. The van der Waals surface area contributed by atoms with Crippen molar-refractivity contribution in [3.8, 4) is 0 Å². The minimum Gasteiger partial charge on any atom is -0.327 e. The number of rotatable bonds is 2. The Morgan fingerprint density at radius 1 is 1.22 bits per heavy atom. The third-order valence-electron chi connectivity index (χ3n) is 3.16. The molecule has 1 aromatic carbocycles. The number of carbonyl (C=O) groups is 1. The van der Waals surface area contributed by atoms with Crippen LogP contribution in [0.25, 0.3) is 0 Å². The monoisotopic (exact) mass is 258 g/mol. The maximum Gasteiger partial charge on any atom is 0.229 e. The fraction of sp³-hybridized carbons (Fsp3) is 0.417. The van der Waals surface area contributed by atoms with Gasteiger partial charge in [0.25, 0.3) is 0 Å². The summed E-state index contributed by atoms with van der Waals surface area (Å²) >= 11 is 0. The van der Waals surface area contributed by atoms with Gasteiger partial charge in [0.05, 0.1) is 5.92 Å². The Morgan fingerprint density at radius 3 is 2.33 bits per heavy atom. The van der Waals surface area contributed by atoms with Crippen molar-refractivity contribution >= 4 is 11.6 Å². The molecule has 2 rings (SSSR count). The molecule has 1 amide bonds. The molecule has 18 heavy (non-hydrogen) atoms. The standard InChI is InChI=1S/C12H13F3N2O/c13-6-4-8(14)11(9(15)5-6)17-12(18)7-2-1-3-10(7)16/h4-5,7,10H,1-3,16H2,(H,17,18). The van der Waals surface area contributed by atoms with E-state index in [1.165, 1.54) is 0 Å². The van der Waals surface area contributed by atoms with Crippen LogP contribution >= 0.6 is 0 Å². The van der Waals surface area contributed by atoms with Crippen LogP contribution in [-0.4, -0.2) is 11.9 Å². The van der Waals surface area contributed by atoms with Crippen LogP contribution in [0.4, 0.5) is 18.9 Å². The largest absolute Gasteiger partial charge is 0.327 e. The van der Waals surface area contributed by atoms with Crippen LogP contribution in [-0.2, 0) is 4.79 Å². The lowest BCUT2D eigenvalue weighted by molar-refractivity contribution is -0.120. The maximum absolute atomic E-state index is 13.3. The van der Waals surface area contributed by atoms with E-state index in [1.807, 2.05) is 0 Å². The molecule has 0 bridgehead atoms. The summed E-state index contributed by atoms with van der Waals surface area (Å²) < 4.78 is 39.4. The lowest BCUT2D eigenvalue weighted by atomic mass is 10.0. The van der Waals surface area contributed by atoms with Gasteiger partial charge in [-0.25, -0.2) is 13.2 Å². The van der Waals surface area contributed by atoms with E-state index < -0.39 is 35.0 Å². The zero-order valence-electron chi connectivity index (χ0n) is 9.55. The second-order valence-electron chi connectivity index (χ2n) is 4.43. The van der Waals surface area contributed by atoms with Crippen LogP contribution in [0.3, 0.4) is 0 Å². The molecule has 0 spiro atoms. The van der Waals surface area contributed by atoms with E-state index in [4.69, 9.17) is 5.73 Å². The van der Waals surface area contributed by atoms with Crippen molar-refractivity contribution in [2.24, 2.45) is 11.7 Å². The normalized spacial score (nSPS) is 23.1. The van der Waals surface area contributed by atoms with Gasteiger partial charge in [0.1, 0.15) is 11.5 Å². The fourth-order valence-electron chi connectivity index (χ4n) is 2.19. The van der Waals surface area contributed by atoms with Gasteiger partial charge in [-0.05, 0) is 12.8 Å². The second kappa shape index (κ2) is 4.97. The summed E-state index contributed by atoms with van der Waals surface area (Å²) in [7, 11) is 0. The predicted molar refractivity (Wildman–Crippen MR) is 60.3 cm³/mol. The van der Waals surface area contributed by atoms with Gasteiger partial charge in [-0.15, -0.1) is 0 Å². The SMILES string of the molecule is NC1CCCC1C(=O)Nc1c(F)cc(F)cc1F. The average molecular weight is 258 g/mol. The van der Waals surface area contributed by atoms with Crippen molar-refractivity contribution in [1.82, 2.24) is 0 Å². The summed E-state index contributed by atoms with van der Waals surface area (Å²) in [6, 6.07) is 0.747. The van der Waals surface area contributed by atoms with Crippen molar-refractivity contribution < 1.29 is 18.0 Å². The van der Waals surface area contributed by atoms with E-state index in [0.29, 0.717) is 25.0 Å². The first kappa shape index (κ1) is 12.9. The van der Waals surface area contributed by atoms with E-state index in [-0.39, 0.29) is 6.04 Å². The molecule has 0 saturated heterocycles. The number of nitrogens with two attached hydrogens (primary N) is 1. The fourth-order valence-corrected chi connectivity index (χ4v) is 2.19. The van der Waals surface area contributed by atoms with Crippen molar-refractivity contribution in [3.63, 3.8) is 0 Å². The van der Waals surface area contributed by atoms with Gasteiger partial charge < -0.3 is 11.1 Å². The van der Waals surface area contributed by atoms with Crippen LogP contribution < -0.4 is 11.1 Å². The molecule has 0 radical (unpaired) electrons. The zero-order chi connectivity index (χ0) is 13.3. The van der Waals surface area contributed by atoms with Crippen molar-refractivity contribution in [2.45, 2.75) is 25.3 Å². The van der Waals surface area contributed by atoms with Gasteiger partial charge in [-0.1, -0.05) is 6.42 Å². The predicted octanol–water partition coefficient (Wildman–Crippen LogP) is 2.17. The molecule has 0 aliphatic heterocycles. The Kier molecular flexibility index (Phi) is 3.56. The van der Waals surface area contributed by atoms with Gasteiger partial charge in [-0.2, -0.15) is 0 Å². The van der Waals surface area contributed by atoms with Crippen LogP contribution in [0.5, 0.6) is 0 Å². The summed E-state index contributed by atoms with van der Waals surface area (Å²) in [5.41, 5.74) is 5.10. The number of nitrogens with one attached hydrogen (secondary N) is 1. The van der Waals surface area contributed by atoms with Crippen LogP contribution in [0.15, 0.2) is 12.1 Å². The van der Waals surface area contributed by atoms with Crippen LogP contribution in [0.2, 0.25) is 0 Å². The van der Waals surface area contributed by atoms with Crippen molar-refractivity contribution in [1.29, 1.82) is 0 Å². The Balaban J connectivity index is 2.17. The molecule has 1 aliphatic rings. The van der Waals surface area contributed by atoms with E-state index in [2.05, 4.69) is 5.32 Å². The Bertz CT molecular complexity index is 455. The quantitative estimate of drug-likeness (QED) is 0.854. The van der Waals surface area contributed by atoms with Crippen LogP contribution in [0.1, 0.15) is 19.3 Å². The first-order valence-electron chi connectivity index (χ1n) is 5.70. The van der Waals surface area contributed by atoms with Crippen molar-refractivity contribution in [3.05, 3.63) is 29.6 Å². The highest BCUT2D eigenvalue weighted by Gasteiger charge is 2.31. The summed E-state index contributed by atoms with van der Waals surface area (Å²) in [6.45, 7) is 0. The second-order valence-corrected chi connectivity index (χ2v) is 4.43. The molecular weight excluding hydrogens is 245 g/mol.